The van der Waals surface area contributed by atoms with Crippen molar-refractivity contribution in [3.63, 3.8) is 0 Å². The fourth-order valence-electron chi connectivity index (χ4n) is 8.23. The molecule has 0 heterocycles. The van der Waals surface area contributed by atoms with E-state index >= 15 is 0 Å². The van der Waals surface area contributed by atoms with E-state index in [-0.39, 0.29) is 24.0 Å². The Balaban J connectivity index is 1.58. The van der Waals surface area contributed by atoms with Gasteiger partial charge in [-0.25, -0.2) is 0 Å². The van der Waals surface area contributed by atoms with E-state index in [1.54, 1.807) is 0 Å². The van der Waals surface area contributed by atoms with Crippen molar-refractivity contribution in [3.05, 3.63) is 130 Å². The van der Waals surface area contributed by atoms with Crippen LogP contribution < -0.4 is 0 Å². The summed E-state index contributed by atoms with van der Waals surface area (Å²) in [4.78, 5) is 0. The van der Waals surface area contributed by atoms with Gasteiger partial charge in [0.25, 0.3) is 0 Å². The summed E-state index contributed by atoms with van der Waals surface area (Å²) in [6.07, 6.45) is 7.62. The average molecular weight is 515 g/mol. The van der Waals surface area contributed by atoms with Crippen LogP contribution in [0.5, 0.6) is 0 Å². The summed E-state index contributed by atoms with van der Waals surface area (Å²) in [7, 11) is 0. The molecule has 0 saturated heterocycles. The van der Waals surface area contributed by atoms with Crippen LogP contribution in [0.3, 0.4) is 0 Å². The van der Waals surface area contributed by atoms with Gasteiger partial charge in [-0.2, -0.15) is 0 Å². The van der Waals surface area contributed by atoms with Crippen molar-refractivity contribution in [2.75, 3.05) is 0 Å². The highest BCUT2D eigenvalue weighted by Crippen LogP contribution is 2.59. The van der Waals surface area contributed by atoms with Gasteiger partial charge in [0.05, 0.1) is 17.6 Å². The van der Waals surface area contributed by atoms with E-state index < -0.39 is 5.41 Å². The highest BCUT2D eigenvalue weighted by atomic mass is 16.3. The lowest BCUT2D eigenvalue weighted by Gasteiger charge is -2.41. The molecule has 39 heavy (non-hydrogen) atoms. The zero-order chi connectivity index (χ0) is 26.4. The Kier molecular flexibility index (Phi) is 6.41. The van der Waals surface area contributed by atoms with E-state index in [4.69, 9.17) is 0 Å². The molecule has 0 aliphatic heterocycles. The largest absolute Gasteiger partial charge is 0.392 e. The molecule has 2 saturated carbocycles. The lowest BCUT2D eigenvalue weighted by molar-refractivity contribution is 0.105. The Bertz CT molecular complexity index is 1370. The Morgan fingerprint density at radius 3 is 1.23 bits per heavy atom. The molecule has 4 aromatic rings. The maximum absolute atomic E-state index is 11.3. The first-order valence-electron chi connectivity index (χ1n) is 15.0. The zero-order valence-corrected chi connectivity index (χ0v) is 22.6. The van der Waals surface area contributed by atoms with Crippen LogP contribution in [-0.2, 0) is 5.41 Å². The number of rotatable bonds is 4. The molecule has 4 unspecified atom stereocenters. The standard InChI is InChI=1S/C37H38O2/c38-35-23-11-5-17-29(35)27-15-3-9-21-33(27)37(31-19-7-1-13-25(31)26-14-2-8-20-32(26)37)34-22-10-4-16-28(34)30-18-6-12-24-36(30)39/h1-4,7-10,13-16,19-22,29-30,35-36,38-39H,5-6,11-12,17-18,23-24H2. The number of aliphatic hydroxyl groups excluding tert-OH is 2. The summed E-state index contributed by atoms with van der Waals surface area (Å²) < 4.78 is 0. The van der Waals surface area contributed by atoms with Crippen molar-refractivity contribution in [2.24, 2.45) is 0 Å². The van der Waals surface area contributed by atoms with Crippen LogP contribution in [0.4, 0.5) is 0 Å². The summed E-state index contributed by atoms with van der Waals surface area (Å²) in [5.74, 6) is 0.248. The first-order chi connectivity index (χ1) is 19.2. The normalized spacial score (nSPS) is 25.6. The minimum absolute atomic E-state index is 0.124. The smallest absolute Gasteiger partial charge is 0.0719 e. The maximum atomic E-state index is 11.3. The summed E-state index contributed by atoms with van der Waals surface area (Å²) >= 11 is 0. The number of aliphatic hydroxyl groups is 2. The van der Waals surface area contributed by atoms with E-state index in [1.807, 2.05) is 0 Å². The van der Waals surface area contributed by atoms with Crippen molar-refractivity contribution >= 4 is 0 Å². The van der Waals surface area contributed by atoms with Gasteiger partial charge in [-0.1, -0.05) is 123 Å². The maximum Gasteiger partial charge on any atom is 0.0719 e. The van der Waals surface area contributed by atoms with Crippen LogP contribution in [0.1, 0.15) is 96.6 Å². The first-order valence-corrected chi connectivity index (χ1v) is 15.0. The molecule has 4 atom stereocenters. The second-order valence-corrected chi connectivity index (χ2v) is 11.9. The average Bonchev–Trinajstić information content (AvgIpc) is 3.29. The summed E-state index contributed by atoms with van der Waals surface area (Å²) in [6, 6.07) is 35.7. The lowest BCUT2D eigenvalue weighted by Crippen LogP contribution is -2.35. The predicted octanol–water partition coefficient (Wildman–Crippen LogP) is 8.09. The predicted molar refractivity (Wildman–Crippen MR) is 158 cm³/mol. The summed E-state index contributed by atoms with van der Waals surface area (Å²) in [5, 5.41) is 22.6. The van der Waals surface area contributed by atoms with Crippen LogP contribution in [-0.4, -0.2) is 22.4 Å². The Morgan fingerprint density at radius 2 is 0.795 bits per heavy atom. The van der Waals surface area contributed by atoms with Crippen LogP contribution in [0, 0.1) is 0 Å². The monoisotopic (exact) mass is 514 g/mol. The molecule has 3 aliphatic rings. The van der Waals surface area contributed by atoms with Gasteiger partial charge in [0, 0.05) is 11.8 Å². The molecule has 0 amide bonds. The fourth-order valence-corrected chi connectivity index (χ4v) is 8.23. The zero-order valence-electron chi connectivity index (χ0n) is 22.6. The first kappa shape index (κ1) is 24.8. The Labute approximate surface area is 232 Å². The van der Waals surface area contributed by atoms with Crippen LogP contribution >= 0.6 is 0 Å². The Hall–Kier alpha value is -3.20. The third-order valence-electron chi connectivity index (χ3n) is 9.94. The molecule has 4 aromatic carbocycles. The van der Waals surface area contributed by atoms with E-state index in [0.29, 0.717) is 0 Å². The fraction of sp³-hybridized carbons (Fsp3) is 0.351. The molecular formula is C37H38O2. The van der Waals surface area contributed by atoms with Gasteiger partial charge >= 0.3 is 0 Å². The molecule has 7 rings (SSSR count). The van der Waals surface area contributed by atoms with Crippen molar-refractivity contribution in [3.8, 4) is 11.1 Å². The van der Waals surface area contributed by atoms with E-state index in [2.05, 4.69) is 97.1 Å². The van der Waals surface area contributed by atoms with Crippen molar-refractivity contribution < 1.29 is 10.2 Å². The molecular weight excluding hydrogens is 476 g/mol. The molecule has 0 bridgehead atoms. The minimum atomic E-state index is -0.519. The second kappa shape index (κ2) is 10.1. The Morgan fingerprint density at radius 1 is 0.436 bits per heavy atom. The quantitative estimate of drug-likeness (QED) is 0.254. The molecule has 0 aromatic heterocycles. The summed E-state index contributed by atoms with van der Waals surface area (Å²) in [6.45, 7) is 0. The molecule has 3 aliphatic carbocycles. The molecule has 0 radical (unpaired) electrons. The lowest BCUT2D eigenvalue weighted by atomic mass is 9.62. The topological polar surface area (TPSA) is 40.5 Å². The third-order valence-corrected chi connectivity index (χ3v) is 9.94. The van der Waals surface area contributed by atoms with Gasteiger partial charge in [0.15, 0.2) is 0 Å². The minimum Gasteiger partial charge on any atom is -0.392 e. The molecule has 2 nitrogen and oxygen atoms in total. The van der Waals surface area contributed by atoms with Crippen molar-refractivity contribution in [1.29, 1.82) is 0 Å². The van der Waals surface area contributed by atoms with Gasteiger partial charge < -0.3 is 10.2 Å². The van der Waals surface area contributed by atoms with Gasteiger partial charge in [-0.3, -0.25) is 0 Å². The summed E-state index contributed by atoms with van der Waals surface area (Å²) in [5.41, 5.74) is 9.78. The highest BCUT2D eigenvalue weighted by Gasteiger charge is 2.49. The van der Waals surface area contributed by atoms with Crippen LogP contribution in [0.2, 0.25) is 0 Å². The van der Waals surface area contributed by atoms with Crippen molar-refractivity contribution in [2.45, 2.75) is 80.8 Å². The molecule has 0 spiro atoms. The number of hydrogen-bond acceptors (Lipinski definition) is 2. The van der Waals surface area contributed by atoms with Gasteiger partial charge in [-0.15, -0.1) is 0 Å². The number of hydrogen-bond donors (Lipinski definition) is 2. The number of benzene rings is 4. The number of fused-ring (bicyclic) bond motifs is 3. The molecule has 2 fully saturated rings. The molecule has 2 N–H and O–H groups in total. The molecule has 2 heteroatoms. The van der Waals surface area contributed by atoms with Gasteiger partial charge in [0.2, 0.25) is 0 Å². The van der Waals surface area contributed by atoms with Crippen molar-refractivity contribution in [1.82, 2.24) is 0 Å². The second-order valence-electron chi connectivity index (χ2n) is 11.9. The van der Waals surface area contributed by atoms with Crippen LogP contribution in [0.15, 0.2) is 97.1 Å². The van der Waals surface area contributed by atoms with Crippen LogP contribution in [0.25, 0.3) is 11.1 Å². The van der Waals surface area contributed by atoms with Gasteiger partial charge in [-0.05, 0) is 70.2 Å². The SMILES string of the molecule is OC1CCCCC1c1ccccc1C1(c2ccccc2C2CCCCC2O)c2ccccc2-c2ccccc21. The van der Waals surface area contributed by atoms with Gasteiger partial charge in [0.1, 0.15) is 0 Å². The highest BCUT2D eigenvalue weighted by molar-refractivity contribution is 5.87. The van der Waals surface area contributed by atoms with E-state index in [9.17, 15) is 10.2 Å². The third kappa shape index (κ3) is 3.84. The van der Waals surface area contributed by atoms with E-state index in [1.165, 1.54) is 44.5 Å². The van der Waals surface area contributed by atoms with E-state index in [0.717, 1.165) is 51.4 Å². The molecule has 198 valence electrons.